The summed E-state index contributed by atoms with van der Waals surface area (Å²) in [6, 6.07) is 19.6. The Labute approximate surface area is 133 Å². The Hall–Kier alpha value is -3.36. The summed E-state index contributed by atoms with van der Waals surface area (Å²) in [6.07, 6.45) is 1.83. The first kappa shape index (κ1) is 14.6. The number of hydrazine groups is 1. The number of fused-ring (bicyclic) bond motifs is 1. The van der Waals surface area contributed by atoms with Gasteiger partial charge < -0.3 is 11.2 Å². The van der Waals surface area contributed by atoms with Gasteiger partial charge in [-0.05, 0) is 23.8 Å². The molecule has 112 valence electrons. The maximum absolute atomic E-state index is 9.02. The van der Waals surface area contributed by atoms with Gasteiger partial charge in [-0.25, -0.2) is 5.84 Å². The van der Waals surface area contributed by atoms with Gasteiger partial charge in [0.2, 0.25) is 0 Å². The van der Waals surface area contributed by atoms with E-state index in [1.807, 2.05) is 60.8 Å². The lowest BCUT2D eigenvalue weighted by Crippen LogP contribution is -2.23. The molecule has 0 unspecified atom stereocenters. The van der Waals surface area contributed by atoms with Crippen LogP contribution in [0.15, 0.2) is 66.5 Å². The lowest BCUT2D eigenvalue weighted by Gasteiger charge is -2.08. The number of nitrogens with one attached hydrogen (secondary N) is 1. The summed E-state index contributed by atoms with van der Waals surface area (Å²) < 4.78 is 0. The van der Waals surface area contributed by atoms with Gasteiger partial charge in [0.15, 0.2) is 5.70 Å². The van der Waals surface area contributed by atoms with Crippen molar-refractivity contribution in [1.82, 2.24) is 10.4 Å². The third-order valence-electron chi connectivity index (χ3n) is 3.62. The molecule has 0 fully saturated rings. The molecule has 2 aromatic carbocycles. The van der Waals surface area contributed by atoms with E-state index < -0.39 is 0 Å². The molecule has 0 aliphatic carbocycles. The topological polar surface area (TPSA) is 101 Å². The summed E-state index contributed by atoms with van der Waals surface area (Å²) in [6.45, 7) is 0. The number of allylic oxidation sites excluding steroid dienone is 1. The van der Waals surface area contributed by atoms with Crippen LogP contribution in [0.4, 0.5) is 0 Å². The summed E-state index contributed by atoms with van der Waals surface area (Å²) in [5.74, 6) is 5.31. The van der Waals surface area contributed by atoms with Gasteiger partial charge >= 0.3 is 0 Å². The second kappa shape index (κ2) is 6.18. The number of nitrogens with two attached hydrogens (primary N) is 2. The summed E-state index contributed by atoms with van der Waals surface area (Å²) in [5, 5.41) is 10.1. The van der Waals surface area contributed by atoms with Crippen LogP contribution in [-0.4, -0.2) is 4.98 Å². The monoisotopic (exact) mass is 301 g/mol. The number of aromatic nitrogens is 1. The fourth-order valence-electron chi connectivity index (χ4n) is 2.41. The molecule has 3 aromatic rings. The van der Waals surface area contributed by atoms with Gasteiger partial charge in [-0.3, -0.25) is 4.98 Å². The highest BCUT2D eigenvalue weighted by Gasteiger charge is 2.07. The van der Waals surface area contributed by atoms with Crippen molar-refractivity contribution < 1.29 is 0 Å². The Kier molecular flexibility index (Phi) is 3.91. The molecule has 0 aliphatic rings. The fourth-order valence-corrected chi connectivity index (χ4v) is 2.41. The molecule has 0 amide bonds. The van der Waals surface area contributed by atoms with Crippen molar-refractivity contribution in [2.45, 2.75) is 0 Å². The number of rotatable bonds is 3. The highest BCUT2D eigenvalue weighted by Crippen LogP contribution is 2.25. The maximum Gasteiger partial charge on any atom is 0.151 e. The lowest BCUT2D eigenvalue weighted by atomic mass is 10.0. The maximum atomic E-state index is 9.02. The number of benzene rings is 2. The molecule has 5 nitrogen and oxygen atoms in total. The first-order valence-corrected chi connectivity index (χ1v) is 7.05. The second-order valence-electron chi connectivity index (χ2n) is 5.04. The second-order valence-corrected chi connectivity index (χ2v) is 5.04. The quantitative estimate of drug-likeness (QED) is 0.392. The van der Waals surface area contributed by atoms with Crippen LogP contribution in [-0.2, 0) is 0 Å². The van der Waals surface area contributed by atoms with E-state index in [1.54, 1.807) is 0 Å². The van der Waals surface area contributed by atoms with Crippen molar-refractivity contribution in [2.75, 3.05) is 0 Å². The van der Waals surface area contributed by atoms with Crippen LogP contribution in [0.25, 0.3) is 27.7 Å². The predicted molar refractivity (Wildman–Crippen MR) is 91.2 cm³/mol. The third-order valence-corrected chi connectivity index (χ3v) is 3.62. The summed E-state index contributed by atoms with van der Waals surface area (Å²) in [5.41, 5.74) is 12.4. The largest absolute Gasteiger partial charge is 0.396 e. The Balaban J connectivity index is 2.08. The molecule has 0 atom stereocenters. The van der Waals surface area contributed by atoms with E-state index >= 15 is 0 Å². The zero-order valence-electron chi connectivity index (χ0n) is 12.3. The molecule has 0 bridgehead atoms. The van der Waals surface area contributed by atoms with Crippen LogP contribution in [0.5, 0.6) is 0 Å². The fraction of sp³-hybridized carbons (Fsp3) is 0. The summed E-state index contributed by atoms with van der Waals surface area (Å²) in [7, 11) is 0. The molecule has 0 spiro atoms. The molecule has 0 radical (unpaired) electrons. The number of nitrogens with zero attached hydrogens (tertiary/aromatic N) is 2. The van der Waals surface area contributed by atoms with Crippen molar-refractivity contribution in [3.8, 4) is 17.2 Å². The molecule has 5 N–H and O–H groups in total. The average molecular weight is 301 g/mol. The van der Waals surface area contributed by atoms with Crippen LogP contribution >= 0.6 is 0 Å². The minimum absolute atomic E-state index is 0.138. The minimum Gasteiger partial charge on any atom is -0.396 e. The Bertz CT molecular complexity index is 937. The zero-order chi connectivity index (χ0) is 16.2. The van der Waals surface area contributed by atoms with E-state index in [0.29, 0.717) is 5.70 Å². The van der Waals surface area contributed by atoms with Gasteiger partial charge in [-0.2, -0.15) is 5.26 Å². The van der Waals surface area contributed by atoms with Crippen LogP contribution in [0.2, 0.25) is 0 Å². The summed E-state index contributed by atoms with van der Waals surface area (Å²) >= 11 is 0. The lowest BCUT2D eigenvalue weighted by molar-refractivity contribution is 0.920. The number of nitriles is 1. The van der Waals surface area contributed by atoms with Crippen molar-refractivity contribution in [1.29, 1.82) is 5.26 Å². The van der Waals surface area contributed by atoms with Gasteiger partial charge in [0, 0.05) is 22.7 Å². The zero-order valence-corrected chi connectivity index (χ0v) is 12.3. The van der Waals surface area contributed by atoms with Crippen molar-refractivity contribution in [3.63, 3.8) is 0 Å². The molecule has 5 heteroatoms. The van der Waals surface area contributed by atoms with Crippen molar-refractivity contribution in [3.05, 3.63) is 72.1 Å². The first-order chi connectivity index (χ1) is 11.2. The molecule has 23 heavy (non-hydrogen) atoms. The minimum atomic E-state index is 0.138. The SMILES string of the molecule is N#C/C(NN)=C(/N)c1cccc(-c2cnc3ccccc3c2)c1. The number of para-hydroxylation sites is 1. The standard InChI is InChI=1S/C18H15N5/c19-10-17(23-21)18(20)14-6-3-5-12(8-14)15-9-13-4-1-2-7-16(13)22-11-15/h1-9,11,23H,20-21H2/b18-17-. The first-order valence-electron chi connectivity index (χ1n) is 7.05. The van der Waals surface area contributed by atoms with E-state index in [4.69, 9.17) is 16.8 Å². The Morgan fingerprint density at radius 1 is 1.04 bits per heavy atom. The van der Waals surface area contributed by atoms with E-state index in [-0.39, 0.29) is 5.70 Å². The van der Waals surface area contributed by atoms with Gasteiger partial charge in [-0.1, -0.05) is 36.4 Å². The Morgan fingerprint density at radius 3 is 2.65 bits per heavy atom. The van der Waals surface area contributed by atoms with E-state index in [0.717, 1.165) is 27.6 Å². The molecule has 1 heterocycles. The van der Waals surface area contributed by atoms with Gasteiger partial charge in [0.25, 0.3) is 0 Å². The average Bonchev–Trinajstić information content (AvgIpc) is 2.62. The molecule has 0 saturated carbocycles. The molecular weight excluding hydrogens is 286 g/mol. The van der Waals surface area contributed by atoms with Gasteiger partial charge in [-0.15, -0.1) is 0 Å². The molecular formula is C18H15N5. The predicted octanol–water partition coefficient (Wildman–Crippen LogP) is 2.52. The normalized spacial score (nSPS) is 11.7. The Morgan fingerprint density at radius 2 is 1.87 bits per heavy atom. The van der Waals surface area contributed by atoms with Crippen LogP contribution in [0.1, 0.15) is 5.56 Å². The molecule has 1 aromatic heterocycles. The van der Waals surface area contributed by atoms with Crippen molar-refractivity contribution >= 4 is 16.6 Å². The van der Waals surface area contributed by atoms with Gasteiger partial charge in [0.05, 0.1) is 11.2 Å². The molecule has 0 aliphatic heterocycles. The highest BCUT2D eigenvalue weighted by atomic mass is 15.2. The number of hydrogen-bond donors (Lipinski definition) is 3. The van der Waals surface area contributed by atoms with Gasteiger partial charge in [0.1, 0.15) is 6.07 Å². The molecule has 3 rings (SSSR count). The molecule has 0 saturated heterocycles. The highest BCUT2D eigenvalue weighted by molar-refractivity contribution is 5.84. The summed E-state index contributed by atoms with van der Waals surface area (Å²) in [4.78, 5) is 4.47. The van der Waals surface area contributed by atoms with E-state index in [2.05, 4.69) is 16.5 Å². The van der Waals surface area contributed by atoms with E-state index in [9.17, 15) is 0 Å². The smallest absolute Gasteiger partial charge is 0.151 e. The number of pyridine rings is 1. The van der Waals surface area contributed by atoms with Crippen LogP contribution in [0.3, 0.4) is 0 Å². The van der Waals surface area contributed by atoms with Crippen LogP contribution < -0.4 is 17.0 Å². The number of hydrogen-bond acceptors (Lipinski definition) is 5. The van der Waals surface area contributed by atoms with E-state index in [1.165, 1.54) is 0 Å². The van der Waals surface area contributed by atoms with Crippen molar-refractivity contribution in [2.24, 2.45) is 11.6 Å². The third kappa shape index (κ3) is 2.84. The van der Waals surface area contributed by atoms with Crippen LogP contribution in [0, 0.1) is 11.3 Å².